The second-order valence-corrected chi connectivity index (χ2v) is 7.51. The van der Waals surface area contributed by atoms with E-state index in [1.54, 1.807) is 17.3 Å². The van der Waals surface area contributed by atoms with Crippen molar-refractivity contribution in [1.82, 2.24) is 9.62 Å². The first-order valence-electron chi connectivity index (χ1n) is 7.19. The average Bonchev–Trinajstić information content (AvgIpc) is 2.61. The van der Waals surface area contributed by atoms with E-state index in [1.165, 1.54) is 0 Å². The van der Waals surface area contributed by atoms with Gasteiger partial charge in [0.15, 0.2) is 0 Å². The average molecular weight is 300 g/mol. The van der Waals surface area contributed by atoms with Gasteiger partial charge in [-0.25, -0.2) is 8.42 Å². The highest BCUT2D eigenvalue weighted by Gasteiger charge is 2.30. The summed E-state index contributed by atoms with van der Waals surface area (Å²) >= 11 is 0. The number of hydrogen-bond donors (Lipinski definition) is 1. The molecule has 20 heavy (non-hydrogen) atoms. The molecule has 0 saturated carbocycles. The number of sulfonamides is 1. The first-order valence-corrected chi connectivity index (χ1v) is 8.63. The monoisotopic (exact) mass is 300 g/mol. The predicted molar refractivity (Wildman–Crippen MR) is 78.0 cm³/mol. The summed E-state index contributed by atoms with van der Waals surface area (Å²) in [7, 11) is -1.62. The Kier molecular flexibility index (Phi) is 4.88. The maximum Gasteiger partial charge on any atom is 0.246 e. The molecule has 1 aromatic rings. The van der Waals surface area contributed by atoms with Crippen LogP contribution in [0.2, 0.25) is 0 Å². The minimum atomic E-state index is -3.43. The molecular weight excluding hydrogens is 276 g/mol. The molecule has 1 aromatic heterocycles. The van der Waals surface area contributed by atoms with Gasteiger partial charge in [-0.1, -0.05) is 6.92 Å². The molecule has 1 N–H and O–H groups in total. The van der Waals surface area contributed by atoms with Crippen LogP contribution in [0.15, 0.2) is 15.4 Å². The minimum absolute atomic E-state index is 0.317. The number of hydrogen-bond acceptors (Lipinski definition) is 4. The van der Waals surface area contributed by atoms with E-state index in [-0.39, 0.29) is 0 Å². The quantitative estimate of drug-likeness (QED) is 0.925. The molecular formula is C14H24N2O3S. The van der Waals surface area contributed by atoms with Crippen LogP contribution in [0.3, 0.4) is 0 Å². The lowest BCUT2D eigenvalue weighted by molar-refractivity contribution is 0.413. The standard InChI is InChI=1S/C14H24N2O3S/c1-11-5-4-7-16(8-6-11)20(17,18)14-9-13(10-15-3)19-12(14)2/h9,11,15H,4-8,10H2,1-3H3. The third-order valence-corrected chi connectivity index (χ3v) is 5.87. The normalized spacial score (nSPS) is 21.9. The fourth-order valence-electron chi connectivity index (χ4n) is 2.66. The van der Waals surface area contributed by atoms with Gasteiger partial charge in [0.05, 0.1) is 6.54 Å². The molecule has 5 nitrogen and oxygen atoms in total. The van der Waals surface area contributed by atoms with Gasteiger partial charge in [-0.3, -0.25) is 0 Å². The van der Waals surface area contributed by atoms with Crippen molar-refractivity contribution in [2.45, 2.75) is 44.6 Å². The second kappa shape index (κ2) is 6.28. The maximum absolute atomic E-state index is 12.7. The van der Waals surface area contributed by atoms with Crippen LogP contribution in [0.25, 0.3) is 0 Å². The Labute approximate surface area is 121 Å². The third kappa shape index (κ3) is 3.24. The van der Waals surface area contributed by atoms with Crippen LogP contribution >= 0.6 is 0 Å². The molecule has 1 aliphatic heterocycles. The topological polar surface area (TPSA) is 62.6 Å². The summed E-state index contributed by atoms with van der Waals surface area (Å²) < 4.78 is 32.6. The summed E-state index contributed by atoms with van der Waals surface area (Å²) in [4.78, 5) is 0.317. The zero-order valence-corrected chi connectivity index (χ0v) is 13.3. The lowest BCUT2D eigenvalue weighted by Crippen LogP contribution is -2.32. The van der Waals surface area contributed by atoms with Gasteiger partial charge in [0, 0.05) is 19.2 Å². The minimum Gasteiger partial charge on any atom is -0.464 e. The van der Waals surface area contributed by atoms with Crippen molar-refractivity contribution in [3.8, 4) is 0 Å². The molecule has 114 valence electrons. The van der Waals surface area contributed by atoms with Crippen molar-refractivity contribution in [1.29, 1.82) is 0 Å². The fourth-order valence-corrected chi connectivity index (χ4v) is 4.34. The first-order chi connectivity index (χ1) is 9.45. The van der Waals surface area contributed by atoms with Gasteiger partial charge in [0.1, 0.15) is 16.4 Å². The molecule has 0 aromatic carbocycles. The van der Waals surface area contributed by atoms with E-state index in [0.717, 1.165) is 19.3 Å². The molecule has 0 aliphatic carbocycles. The Morgan fingerprint density at radius 1 is 1.40 bits per heavy atom. The summed E-state index contributed by atoms with van der Waals surface area (Å²) in [6.07, 6.45) is 2.96. The van der Waals surface area contributed by atoms with Gasteiger partial charge in [-0.15, -0.1) is 0 Å². The Morgan fingerprint density at radius 2 is 2.15 bits per heavy atom. The molecule has 1 unspecified atom stereocenters. The molecule has 2 rings (SSSR count). The van der Waals surface area contributed by atoms with Crippen molar-refractivity contribution < 1.29 is 12.8 Å². The van der Waals surface area contributed by atoms with E-state index < -0.39 is 10.0 Å². The zero-order chi connectivity index (χ0) is 14.8. The van der Waals surface area contributed by atoms with Crippen molar-refractivity contribution in [3.05, 3.63) is 17.6 Å². The van der Waals surface area contributed by atoms with Crippen LogP contribution in [-0.4, -0.2) is 32.9 Å². The van der Waals surface area contributed by atoms with Crippen molar-refractivity contribution in [2.24, 2.45) is 5.92 Å². The van der Waals surface area contributed by atoms with E-state index in [4.69, 9.17) is 4.42 Å². The smallest absolute Gasteiger partial charge is 0.246 e. The number of nitrogens with zero attached hydrogens (tertiary/aromatic N) is 1. The van der Waals surface area contributed by atoms with E-state index in [9.17, 15) is 8.42 Å². The second-order valence-electron chi connectivity index (χ2n) is 5.60. The molecule has 6 heteroatoms. The fraction of sp³-hybridized carbons (Fsp3) is 0.714. The lowest BCUT2D eigenvalue weighted by Gasteiger charge is -2.19. The Hall–Kier alpha value is -0.850. The van der Waals surface area contributed by atoms with E-state index in [2.05, 4.69) is 12.2 Å². The predicted octanol–water partition coefficient (Wildman–Crippen LogP) is 2.12. The third-order valence-electron chi connectivity index (χ3n) is 3.87. The maximum atomic E-state index is 12.7. The van der Waals surface area contributed by atoms with Crippen molar-refractivity contribution in [2.75, 3.05) is 20.1 Å². The van der Waals surface area contributed by atoms with Crippen LogP contribution in [0.5, 0.6) is 0 Å². The largest absolute Gasteiger partial charge is 0.464 e. The highest BCUT2D eigenvalue weighted by Crippen LogP contribution is 2.27. The Morgan fingerprint density at radius 3 is 2.85 bits per heavy atom. The van der Waals surface area contributed by atoms with Gasteiger partial charge < -0.3 is 9.73 Å². The molecule has 0 radical (unpaired) electrons. The Bertz CT molecular complexity index is 551. The molecule has 2 heterocycles. The molecule has 0 amide bonds. The number of rotatable bonds is 4. The summed E-state index contributed by atoms with van der Waals surface area (Å²) in [5.41, 5.74) is 0. The number of nitrogens with one attached hydrogen (secondary N) is 1. The highest BCUT2D eigenvalue weighted by atomic mass is 32.2. The van der Waals surface area contributed by atoms with Crippen LogP contribution in [0.1, 0.15) is 37.7 Å². The summed E-state index contributed by atoms with van der Waals surface area (Å²) in [5, 5.41) is 2.97. The van der Waals surface area contributed by atoms with Gasteiger partial charge >= 0.3 is 0 Å². The van der Waals surface area contributed by atoms with Crippen molar-refractivity contribution >= 4 is 10.0 Å². The first kappa shape index (κ1) is 15.5. The highest BCUT2D eigenvalue weighted by molar-refractivity contribution is 7.89. The van der Waals surface area contributed by atoms with Gasteiger partial charge in [-0.2, -0.15) is 4.31 Å². The van der Waals surface area contributed by atoms with Crippen LogP contribution in [0.4, 0.5) is 0 Å². The summed E-state index contributed by atoms with van der Waals surface area (Å²) in [6.45, 7) is 5.65. The number of furan rings is 1. The SMILES string of the molecule is CNCc1cc(S(=O)(=O)N2CCCC(C)CC2)c(C)o1. The van der Waals surface area contributed by atoms with Crippen LogP contribution in [0, 0.1) is 12.8 Å². The molecule has 1 atom stereocenters. The van der Waals surface area contributed by atoms with E-state index >= 15 is 0 Å². The van der Waals surface area contributed by atoms with E-state index in [0.29, 0.717) is 42.0 Å². The molecule has 1 aliphatic rings. The lowest BCUT2D eigenvalue weighted by atomic mass is 10.0. The van der Waals surface area contributed by atoms with E-state index in [1.807, 2.05) is 7.05 Å². The van der Waals surface area contributed by atoms with Crippen molar-refractivity contribution in [3.63, 3.8) is 0 Å². The van der Waals surface area contributed by atoms with Gasteiger partial charge in [-0.05, 0) is 39.2 Å². The Balaban J connectivity index is 2.25. The van der Waals surface area contributed by atoms with Crippen LogP contribution < -0.4 is 5.32 Å². The van der Waals surface area contributed by atoms with Gasteiger partial charge in [0.25, 0.3) is 0 Å². The number of aryl methyl sites for hydroxylation is 1. The van der Waals surface area contributed by atoms with Gasteiger partial charge in [0.2, 0.25) is 10.0 Å². The van der Waals surface area contributed by atoms with Crippen LogP contribution in [-0.2, 0) is 16.6 Å². The summed E-state index contributed by atoms with van der Waals surface area (Å²) in [6, 6.07) is 1.65. The summed E-state index contributed by atoms with van der Waals surface area (Å²) in [5.74, 6) is 1.74. The zero-order valence-electron chi connectivity index (χ0n) is 12.5. The molecule has 0 bridgehead atoms. The molecule has 0 spiro atoms. The molecule has 1 fully saturated rings. The molecule has 1 saturated heterocycles.